The van der Waals surface area contributed by atoms with Crippen molar-refractivity contribution >= 4 is 5.97 Å². The second kappa shape index (κ2) is 2.88. The van der Waals surface area contributed by atoms with Gasteiger partial charge in [-0.3, -0.25) is 5.73 Å². The van der Waals surface area contributed by atoms with Crippen molar-refractivity contribution in [2.24, 2.45) is 5.73 Å². The van der Waals surface area contributed by atoms with Gasteiger partial charge in [0, 0.05) is 0 Å². The molecule has 0 fully saturated rings. The summed E-state index contributed by atoms with van der Waals surface area (Å²) in [5.41, 5.74) is 3.76. The van der Waals surface area contributed by atoms with Crippen molar-refractivity contribution in [1.82, 2.24) is 0 Å². The summed E-state index contributed by atoms with van der Waals surface area (Å²) in [6.07, 6.45) is -1.95. The Kier molecular flexibility index (Phi) is 2.17. The number of alkyl halides is 2. The molecule has 1 aliphatic rings. The second-order valence-electron chi connectivity index (χ2n) is 2.61. The normalized spacial score (nSPS) is 33.7. The van der Waals surface area contributed by atoms with E-state index in [4.69, 9.17) is 10.8 Å². The smallest absolute Gasteiger partial charge is 0.338 e. The summed E-state index contributed by atoms with van der Waals surface area (Å²) >= 11 is 0. The first-order valence-corrected chi connectivity index (χ1v) is 3.30. The Bertz CT molecular complexity index is 309. The van der Waals surface area contributed by atoms with Crippen molar-refractivity contribution in [2.75, 3.05) is 0 Å². The molecule has 0 saturated carbocycles. The van der Waals surface area contributed by atoms with Crippen LogP contribution in [-0.4, -0.2) is 23.0 Å². The van der Waals surface area contributed by atoms with Crippen molar-refractivity contribution in [3.63, 3.8) is 0 Å². The number of carboxylic acid groups (broad SMARTS) is 1. The minimum atomic E-state index is -2.96. The molecule has 0 radical (unpaired) electrons. The van der Waals surface area contributed by atoms with Crippen LogP contribution in [0.15, 0.2) is 23.6 Å². The second-order valence-corrected chi connectivity index (χ2v) is 2.61. The van der Waals surface area contributed by atoms with Gasteiger partial charge in [0.05, 0.1) is 5.57 Å². The third-order valence-corrected chi connectivity index (χ3v) is 1.57. The number of nitrogens with two attached hydrogens (primary N) is 1. The number of hydrogen-bond acceptors (Lipinski definition) is 2. The fourth-order valence-electron chi connectivity index (χ4n) is 0.880. The van der Waals surface area contributed by atoms with Crippen molar-refractivity contribution in [2.45, 2.75) is 12.0 Å². The summed E-state index contributed by atoms with van der Waals surface area (Å²) < 4.78 is 38.1. The van der Waals surface area contributed by atoms with E-state index < -0.39 is 29.3 Å². The summed E-state index contributed by atoms with van der Waals surface area (Å²) in [5.74, 6) is -5.96. The Hall–Kier alpha value is -1.30. The third-order valence-electron chi connectivity index (χ3n) is 1.57. The molecule has 2 unspecified atom stereocenters. The van der Waals surface area contributed by atoms with Gasteiger partial charge in [0.2, 0.25) is 5.79 Å². The van der Waals surface area contributed by atoms with E-state index in [2.05, 4.69) is 0 Å². The maximum Gasteiger partial charge on any atom is 0.338 e. The molecule has 72 valence electrons. The molecule has 0 spiro atoms. The Morgan fingerprint density at radius 3 is 2.69 bits per heavy atom. The molecule has 0 aromatic rings. The number of halogens is 3. The van der Waals surface area contributed by atoms with Gasteiger partial charge in [-0.1, -0.05) is 0 Å². The maximum absolute atomic E-state index is 12.9. The van der Waals surface area contributed by atoms with Crippen LogP contribution in [0.5, 0.6) is 0 Å². The lowest BCUT2D eigenvalue weighted by molar-refractivity contribution is -0.132. The summed E-state index contributed by atoms with van der Waals surface area (Å²) in [6, 6.07) is 0. The van der Waals surface area contributed by atoms with Gasteiger partial charge in [0.15, 0.2) is 6.17 Å². The zero-order valence-corrected chi connectivity index (χ0v) is 6.30. The molecule has 1 aliphatic carbocycles. The van der Waals surface area contributed by atoms with Crippen LogP contribution in [0.1, 0.15) is 0 Å². The summed E-state index contributed by atoms with van der Waals surface area (Å²) in [5, 5.41) is 8.33. The standard InChI is InChI=1S/C7H6F3NO2/c8-4-1-5(9)7(10,11)2-3(4)6(12)13/h1-2,5H,11H2,(H,12,13). The Morgan fingerprint density at radius 1 is 1.69 bits per heavy atom. The van der Waals surface area contributed by atoms with Gasteiger partial charge in [0.25, 0.3) is 0 Å². The molecule has 13 heavy (non-hydrogen) atoms. The largest absolute Gasteiger partial charge is 0.478 e. The van der Waals surface area contributed by atoms with E-state index in [-0.39, 0.29) is 12.2 Å². The van der Waals surface area contributed by atoms with E-state index in [1.807, 2.05) is 0 Å². The Balaban J connectivity index is 3.11. The average Bonchev–Trinajstić information content (AvgIpc) is 1.97. The number of carbonyl (C=O) groups is 1. The van der Waals surface area contributed by atoms with Crippen molar-refractivity contribution in [3.8, 4) is 0 Å². The van der Waals surface area contributed by atoms with E-state index in [1.165, 1.54) is 0 Å². The van der Waals surface area contributed by atoms with Gasteiger partial charge in [-0.15, -0.1) is 0 Å². The first kappa shape index (κ1) is 9.79. The first-order valence-electron chi connectivity index (χ1n) is 3.30. The van der Waals surface area contributed by atoms with Gasteiger partial charge < -0.3 is 5.11 Å². The highest BCUT2D eigenvalue weighted by Gasteiger charge is 2.38. The molecular formula is C7H6F3NO2. The molecule has 3 nitrogen and oxygen atoms in total. The van der Waals surface area contributed by atoms with E-state index in [9.17, 15) is 18.0 Å². The molecule has 6 heteroatoms. The Labute approximate surface area is 71.3 Å². The highest BCUT2D eigenvalue weighted by Crippen LogP contribution is 2.28. The topological polar surface area (TPSA) is 63.3 Å². The van der Waals surface area contributed by atoms with Crippen LogP contribution in [0.25, 0.3) is 0 Å². The van der Waals surface area contributed by atoms with Crippen molar-refractivity contribution in [3.05, 3.63) is 23.6 Å². The molecule has 1 rings (SSSR count). The van der Waals surface area contributed by atoms with Gasteiger partial charge in [-0.25, -0.2) is 18.0 Å². The number of carboxylic acids is 1. The lowest BCUT2D eigenvalue weighted by Gasteiger charge is -2.22. The molecule has 0 bridgehead atoms. The lowest BCUT2D eigenvalue weighted by Crippen LogP contribution is -2.44. The van der Waals surface area contributed by atoms with Crippen molar-refractivity contribution in [1.29, 1.82) is 0 Å². The summed E-state index contributed by atoms with van der Waals surface area (Å²) in [6.45, 7) is 0. The van der Waals surface area contributed by atoms with Crippen molar-refractivity contribution < 1.29 is 23.1 Å². The SMILES string of the molecule is NC1(F)C=C(C(=O)O)C(F)=CC1F. The van der Waals surface area contributed by atoms with Crippen LogP contribution >= 0.6 is 0 Å². The fraction of sp³-hybridized carbons (Fsp3) is 0.286. The minimum Gasteiger partial charge on any atom is -0.478 e. The number of rotatable bonds is 1. The van der Waals surface area contributed by atoms with Crippen LogP contribution in [0.2, 0.25) is 0 Å². The molecule has 3 N–H and O–H groups in total. The van der Waals surface area contributed by atoms with Crippen LogP contribution in [-0.2, 0) is 4.79 Å². The van der Waals surface area contributed by atoms with E-state index in [0.29, 0.717) is 0 Å². The fourth-order valence-corrected chi connectivity index (χ4v) is 0.880. The summed E-state index contributed by atoms with van der Waals surface area (Å²) in [4.78, 5) is 10.3. The molecule has 0 aromatic heterocycles. The zero-order chi connectivity index (χ0) is 10.2. The summed E-state index contributed by atoms with van der Waals surface area (Å²) in [7, 11) is 0. The molecule has 2 atom stereocenters. The molecule has 0 aliphatic heterocycles. The minimum absolute atomic E-state index is 0.198. The lowest BCUT2D eigenvalue weighted by atomic mass is 9.99. The monoisotopic (exact) mass is 193 g/mol. The van der Waals surface area contributed by atoms with Gasteiger partial charge in [0.1, 0.15) is 5.83 Å². The van der Waals surface area contributed by atoms with Crippen LogP contribution in [0.4, 0.5) is 13.2 Å². The van der Waals surface area contributed by atoms with Gasteiger partial charge in [-0.2, -0.15) is 0 Å². The number of aliphatic carboxylic acids is 1. The maximum atomic E-state index is 12.9. The number of hydrogen-bond donors (Lipinski definition) is 2. The van der Waals surface area contributed by atoms with E-state index in [1.54, 1.807) is 0 Å². The van der Waals surface area contributed by atoms with Crippen LogP contribution in [0.3, 0.4) is 0 Å². The zero-order valence-electron chi connectivity index (χ0n) is 6.30. The third kappa shape index (κ3) is 1.72. The molecule has 0 aromatic carbocycles. The first-order chi connectivity index (χ1) is 5.84. The highest BCUT2D eigenvalue weighted by molar-refractivity contribution is 5.91. The quantitative estimate of drug-likeness (QED) is 0.606. The Morgan fingerprint density at radius 2 is 2.23 bits per heavy atom. The highest BCUT2D eigenvalue weighted by atomic mass is 19.2. The molecule has 0 saturated heterocycles. The van der Waals surface area contributed by atoms with E-state index in [0.717, 1.165) is 0 Å². The molecule has 0 amide bonds. The molecular weight excluding hydrogens is 187 g/mol. The molecule has 0 heterocycles. The van der Waals surface area contributed by atoms with Crippen LogP contribution in [0, 0.1) is 0 Å². The van der Waals surface area contributed by atoms with Gasteiger partial charge in [-0.05, 0) is 12.2 Å². The predicted octanol–water partition coefficient (Wildman–Crippen LogP) is 0.827. The predicted molar refractivity (Wildman–Crippen MR) is 37.8 cm³/mol. The van der Waals surface area contributed by atoms with Gasteiger partial charge >= 0.3 is 5.97 Å². The average molecular weight is 193 g/mol. The van der Waals surface area contributed by atoms with E-state index >= 15 is 0 Å². The van der Waals surface area contributed by atoms with Crippen LogP contribution < -0.4 is 5.73 Å².